The van der Waals surface area contributed by atoms with E-state index in [1.807, 2.05) is 6.07 Å². The fourth-order valence-electron chi connectivity index (χ4n) is 0.991. The molecule has 0 aliphatic carbocycles. The molecule has 0 bridgehead atoms. The van der Waals surface area contributed by atoms with Gasteiger partial charge in [0, 0.05) is 11.6 Å². The minimum Gasteiger partial charge on any atom is -0.346 e. The molecule has 2 aromatic heterocycles. The van der Waals surface area contributed by atoms with Crippen molar-refractivity contribution in [2.45, 2.75) is 0 Å². The summed E-state index contributed by atoms with van der Waals surface area (Å²) in [6.45, 7) is 0. The normalized spacial score (nSPS) is 10.3. The lowest BCUT2D eigenvalue weighted by atomic mass is 10.3. The fraction of sp³-hybridized carbons (Fsp3) is 0. The standard InChI is InChI=1S/C7H6FN3/c8-11-6-3-5-1-2-9-7(5)10-4-6/h1-4,11H,(H,9,10). The zero-order valence-corrected chi connectivity index (χ0v) is 5.63. The summed E-state index contributed by atoms with van der Waals surface area (Å²) in [6.07, 6.45) is 3.19. The summed E-state index contributed by atoms with van der Waals surface area (Å²) in [5, 5.41) is 0.896. The number of fused-ring (bicyclic) bond motifs is 1. The topological polar surface area (TPSA) is 40.7 Å². The highest BCUT2D eigenvalue weighted by molar-refractivity contribution is 5.78. The average molecular weight is 151 g/mol. The van der Waals surface area contributed by atoms with Crippen LogP contribution < -0.4 is 5.54 Å². The largest absolute Gasteiger partial charge is 0.346 e. The van der Waals surface area contributed by atoms with E-state index < -0.39 is 0 Å². The molecule has 11 heavy (non-hydrogen) atoms. The molecule has 0 unspecified atom stereocenters. The lowest BCUT2D eigenvalue weighted by Crippen LogP contribution is -1.83. The van der Waals surface area contributed by atoms with Crippen LogP contribution in [-0.4, -0.2) is 9.97 Å². The van der Waals surface area contributed by atoms with Crippen LogP contribution in [0.5, 0.6) is 0 Å². The number of nitrogens with zero attached hydrogens (tertiary/aromatic N) is 1. The van der Waals surface area contributed by atoms with Crippen molar-refractivity contribution in [3.05, 3.63) is 24.5 Å². The van der Waals surface area contributed by atoms with Gasteiger partial charge in [0.15, 0.2) is 0 Å². The number of nitrogens with one attached hydrogen (secondary N) is 2. The number of pyridine rings is 1. The van der Waals surface area contributed by atoms with Gasteiger partial charge in [0.25, 0.3) is 0 Å². The van der Waals surface area contributed by atoms with E-state index in [0.717, 1.165) is 11.0 Å². The second-order valence-corrected chi connectivity index (χ2v) is 2.23. The maximum Gasteiger partial charge on any atom is 0.137 e. The number of anilines is 1. The predicted molar refractivity (Wildman–Crippen MR) is 40.8 cm³/mol. The minimum atomic E-state index is 0.372. The molecule has 0 spiro atoms. The Morgan fingerprint density at radius 1 is 1.55 bits per heavy atom. The summed E-state index contributed by atoms with van der Waals surface area (Å²) in [5.74, 6) is 0. The van der Waals surface area contributed by atoms with Gasteiger partial charge in [-0.25, -0.2) is 10.5 Å². The molecule has 0 saturated heterocycles. The van der Waals surface area contributed by atoms with Crippen LogP contribution >= 0.6 is 0 Å². The van der Waals surface area contributed by atoms with Gasteiger partial charge in [0.05, 0.1) is 11.9 Å². The molecule has 2 N–H and O–H groups in total. The number of H-pyrrole nitrogens is 1. The number of aromatic amines is 1. The summed E-state index contributed by atoms with van der Waals surface area (Å²) in [5.41, 5.74) is 2.67. The van der Waals surface area contributed by atoms with Crippen LogP contribution in [0, 0.1) is 0 Å². The van der Waals surface area contributed by atoms with Crippen LogP contribution in [-0.2, 0) is 0 Å². The van der Waals surface area contributed by atoms with Crippen LogP contribution in [0.2, 0.25) is 0 Å². The number of aromatic nitrogens is 2. The molecule has 0 aliphatic rings. The monoisotopic (exact) mass is 151 g/mol. The summed E-state index contributed by atoms with van der Waals surface area (Å²) >= 11 is 0. The Bertz CT molecular complexity index is 368. The summed E-state index contributed by atoms with van der Waals surface area (Å²) in [4.78, 5) is 6.86. The zero-order chi connectivity index (χ0) is 7.68. The van der Waals surface area contributed by atoms with Gasteiger partial charge < -0.3 is 4.98 Å². The molecule has 0 atom stereocenters. The zero-order valence-electron chi connectivity index (χ0n) is 5.63. The Kier molecular flexibility index (Phi) is 1.25. The quantitative estimate of drug-likeness (QED) is 0.611. The number of halogens is 1. The van der Waals surface area contributed by atoms with Crippen molar-refractivity contribution in [2.75, 3.05) is 5.54 Å². The van der Waals surface area contributed by atoms with Crippen molar-refractivity contribution in [1.82, 2.24) is 9.97 Å². The number of hydrogen-bond donors (Lipinski definition) is 2. The minimum absolute atomic E-state index is 0.372. The van der Waals surface area contributed by atoms with Crippen molar-refractivity contribution < 1.29 is 4.48 Å². The van der Waals surface area contributed by atoms with Gasteiger partial charge >= 0.3 is 0 Å². The maximum absolute atomic E-state index is 11.9. The molecule has 56 valence electrons. The van der Waals surface area contributed by atoms with E-state index in [4.69, 9.17) is 0 Å². The molecular formula is C7H6FN3. The van der Waals surface area contributed by atoms with E-state index in [2.05, 4.69) is 9.97 Å². The van der Waals surface area contributed by atoms with Crippen LogP contribution in [0.4, 0.5) is 10.2 Å². The Balaban J connectivity index is 2.67. The Labute approximate surface area is 62.2 Å². The Morgan fingerprint density at radius 2 is 2.45 bits per heavy atom. The van der Waals surface area contributed by atoms with Crippen LogP contribution in [0.25, 0.3) is 11.0 Å². The molecule has 0 fully saturated rings. The molecule has 0 amide bonds. The second-order valence-electron chi connectivity index (χ2n) is 2.23. The first-order valence-corrected chi connectivity index (χ1v) is 3.20. The van der Waals surface area contributed by atoms with Crippen molar-refractivity contribution in [3.8, 4) is 0 Å². The maximum atomic E-state index is 11.9. The van der Waals surface area contributed by atoms with E-state index in [0.29, 0.717) is 5.69 Å². The third-order valence-electron chi connectivity index (χ3n) is 1.51. The lowest BCUT2D eigenvalue weighted by molar-refractivity contribution is 0.617. The summed E-state index contributed by atoms with van der Waals surface area (Å²) < 4.78 is 11.9. The Hall–Kier alpha value is -1.58. The van der Waals surface area contributed by atoms with Crippen LogP contribution in [0.3, 0.4) is 0 Å². The molecule has 2 rings (SSSR count). The van der Waals surface area contributed by atoms with Crippen molar-refractivity contribution in [2.24, 2.45) is 0 Å². The van der Waals surface area contributed by atoms with Crippen molar-refractivity contribution in [1.29, 1.82) is 0 Å². The molecular weight excluding hydrogens is 145 g/mol. The molecule has 0 aliphatic heterocycles. The first-order chi connectivity index (χ1) is 5.40. The Morgan fingerprint density at radius 3 is 3.27 bits per heavy atom. The van der Waals surface area contributed by atoms with Gasteiger partial charge in [-0.15, -0.1) is 4.48 Å². The highest BCUT2D eigenvalue weighted by Gasteiger charge is 1.96. The van der Waals surface area contributed by atoms with E-state index in [1.54, 1.807) is 12.3 Å². The molecule has 4 heteroatoms. The van der Waals surface area contributed by atoms with Gasteiger partial charge in [-0.3, -0.25) is 0 Å². The van der Waals surface area contributed by atoms with Crippen LogP contribution in [0.1, 0.15) is 0 Å². The van der Waals surface area contributed by atoms with E-state index in [-0.39, 0.29) is 0 Å². The molecule has 0 saturated carbocycles. The second kappa shape index (κ2) is 2.23. The smallest absolute Gasteiger partial charge is 0.137 e. The fourth-order valence-corrected chi connectivity index (χ4v) is 0.991. The summed E-state index contributed by atoms with van der Waals surface area (Å²) in [6, 6.07) is 3.52. The molecule has 2 heterocycles. The van der Waals surface area contributed by atoms with Gasteiger partial charge in [0.1, 0.15) is 5.65 Å². The SMILES string of the molecule is FNc1cnc2[nH]ccc2c1. The van der Waals surface area contributed by atoms with Crippen molar-refractivity contribution >= 4 is 16.7 Å². The predicted octanol–water partition coefficient (Wildman–Crippen LogP) is 1.86. The highest BCUT2D eigenvalue weighted by Crippen LogP contribution is 2.14. The van der Waals surface area contributed by atoms with E-state index in [1.165, 1.54) is 11.7 Å². The van der Waals surface area contributed by atoms with Crippen molar-refractivity contribution in [3.63, 3.8) is 0 Å². The van der Waals surface area contributed by atoms with Gasteiger partial charge in [-0.2, -0.15) is 0 Å². The van der Waals surface area contributed by atoms with E-state index >= 15 is 0 Å². The van der Waals surface area contributed by atoms with Gasteiger partial charge in [-0.05, 0) is 12.1 Å². The van der Waals surface area contributed by atoms with E-state index in [9.17, 15) is 4.48 Å². The third-order valence-corrected chi connectivity index (χ3v) is 1.51. The molecule has 3 nitrogen and oxygen atoms in total. The molecule has 0 radical (unpaired) electrons. The van der Waals surface area contributed by atoms with Crippen LogP contribution in [0.15, 0.2) is 24.5 Å². The van der Waals surface area contributed by atoms with Gasteiger partial charge in [0.2, 0.25) is 0 Å². The first kappa shape index (κ1) is 6.15. The highest BCUT2D eigenvalue weighted by atomic mass is 19.2. The summed E-state index contributed by atoms with van der Waals surface area (Å²) in [7, 11) is 0. The molecule has 0 aromatic carbocycles. The third kappa shape index (κ3) is 0.920. The number of hydrogen-bond acceptors (Lipinski definition) is 2. The van der Waals surface area contributed by atoms with Gasteiger partial charge in [-0.1, -0.05) is 0 Å². The number of rotatable bonds is 1. The lowest BCUT2D eigenvalue weighted by Gasteiger charge is -1.93. The first-order valence-electron chi connectivity index (χ1n) is 3.20. The average Bonchev–Trinajstić information content (AvgIpc) is 2.50. The molecule has 2 aromatic rings.